The van der Waals surface area contributed by atoms with Crippen LogP contribution in [0.25, 0.3) is 11.4 Å². The number of nitrogen functional groups attached to an aromatic ring is 1. The fourth-order valence-corrected chi connectivity index (χ4v) is 9.05. The molecule has 3 aliphatic rings. The van der Waals surface area contributed by atoms with Crippen molar-refractivity contribution in [1.29, 1.82) is 5.26 Å². The number of β-amino-alcohol motifs (C(OH)–C–C–N with tert-alkyl or cyclic N) is 1. The van der Waals surface area contributed by atoms with Gasteiger partial charge in [0.05, 0.1) is 16.9 Å². The highest BCUT2D eigenvalue weighted by atomic mass is 32.1. The van der Waals surface area contributed by atoms with E-state index >= 15 is 0 Å². The zero-order chi connectivity index (χ0) is 28.9. The minimum Gasteiger partial charge on any atom is -0.459 e. The van der Waals surface area contributed by atoms with Crippen LogP contribution in [0.5, 0.6) is 6.01 Å². The van der Waals surface area contributed by atoms with E-state index in [1.54, 1.807) is 11.3 Å². The van der Waals surface area contributed by atoms with Gasteiger partial charge in [-0.1, -0.05) is 6.92 Å². The highest BCUT2D eigenvalue weighted by Crippen LogP contribution is 2.50. The molecule has 2 fully saturated rings. The lowest BCUT2D eigenvalue weighted by Crippen LogP contribution is -2.46. The van der Waals surface area contributed by atoms with Crippen LogP contribution in [0.1, 0.15) is 80.2 Å². The first-order chi connectivity index (χ1) is 19.6. The van der Waals surface area contributed by atoms with Crippen LogP contribution in [0.4, 0.5) is 10.8 Å². The van der Waals surface area contributed by atoms with Gasteiger partial charge in [0.15, 0.2) is 0 Å². The number of thiophene rings is 1. The van der Waals surface area contributed by atoms with Gasteiger partial charge in [-0.25, -0.2) is 0 Å². The zero-order valence-electron chi connectivity index (χ0n) is 24.3. The van der Waals surface area contributed by atoms with Crippen molar-refractivity contribution in [3.05, 3.63) is 33.0 Å². The molecule has 1 aliphatic carbocycles. The third-order valence-electron chi connectivity index (χ3n) is 9.17. The number of hydrogen-bond acceptors (Lipinski definition) is 11. The van der Waals surface area contributed by atoms with Crippen molar-refractivity contribution in [1.82, 2.24) is 19.2 Å². The molecule has 0 amide bonds. The summed E-state index contributed by atoms with van der Waals surface area (Å²) in [4.78, 5) is 16.5. The predicted octanol–water partition coefficient (Wildman–Crippen LogP) is 4.97. The SMILES string of the molecule is C[C@H](Oc1nc(-c2cc(C3(C)CCCc4sc(N)c(C#N)c43)sn2)cc(N2CCC[C@@](C)(O)C2)n1)[C@@H]1CCCN1C. The van der Waals surface area contributed by atoms with Crippen LogP contribution in [0.3, 0.4) is 0 Å². The Kier molecular flexibility index (Phi) is 7.47. The minimum atomic E-state index is -0.772. The molecule has 4 atom stereocenters. The second kappa shape index (κ2) is 10.8. The topological polar surface area (TPSA) is 124 Å². The van der Waals surface area contributed by atoms with E-state index in [9.17, 15) is 10.4 Å². The van der Waals surface area contributed by atoms with E-state index < -0.39 is 5.60 Å². The fraction of sp³-hybridized carbons (Fsp3) is 0.600. The maximum atomic E-state index is 10.8. The number of piperidine rings is 1. The highest BCUT2D eigenvalue weighted by molar-refractivity contribution is 7.16. The van der Waals surface area contributed by atoms with Gasteiger partial charge in [-0.05, 0) is 95.5 Å². The second-order valence-electron chi connectivity index (χ2n) is 12.4. The average Bonchev–Trinajstić information content (AvgIpc) is 3.67. The van der Waals surface area contributed by atoms with Gasteiger partial charge >= 0.3 is 6.01 Å². The molecular weight excluding hydrogens is 555 g/mol. The number of likely N-dealkylation sites (N-methyl/N-ethyl adjacent to an activating group) is 1. The molecule has 218 valence electrons. The van der Waals surface area contributed by atoms with Crippen molar-refractivity contribution >= 4 is 33.7 Å². The largest absolute Gasteiger partial charge is 0.459 e. The Bertz CT molecular complexity index is 1480. The standard InChI is InChI=1S/C30H39N7O2S2/c1-18(22-8-6-12-36(22)4)39-28-33-20(15-25(34-28)37-13-7-10-29(2,38)17-37)21-14-24(41-35-21)30(3)11-5-9-23-26(30)19(16-31)27(32)40-23/h14-15,18,22,38H,5-13,17,32H2,1-4H3/t18-,22-,29+,30?/m0/s1. The average molecular weight is 594 g/mol. The molecule has 3 aromatic heterocycles. The number of nitrogens with zero attached hydrogens (tertiary/aromatic N) is 6. The van der Waals surface area contributed by atoms with E-state index in [1.165, 1.54) is 16.4 Å². The first kappa shape index (κ1) is 28.3. The Morgan fingerprint density at radius 3 is 2.73 bits per heavy atom. The molecule has 2 saturated heterocycles. The minimum absolute atomic E-state index is 0.0610. The molecular formula is C30H39N7O2S2. The van der Waals surface area contributed by atoms with Crippen LogP contribution < -0.4 is 15.4 Å². The predicted molar refractivity (Wildman–Crippen MR) is 164 cm³/mol. The Labute approximate surface area is 250 Å². The Hall–Kier alpha value is -2.78. The van der Waals surface area contributed by atoms with Crippen molar-refractivity contribution in [2.24, 2.45) is 0 Å². The summed E-state index contributed by atoms with van der Waals surface area (Å²) in [5, 5.41) is 21.3. The summed E-state index contributed by atoms with van der Waals surface area (Å²) in [6.45, 7) is 8.57. The lowest BCUT2D eigenvalue weighted by atomic mass is 9.71. The maximum absolute atomic E-state index is 10.8. The number of likely N-dealkylation sites (tertiary alicyclic amines) is 1. The molecule has 6 rings (SSSR count). The smallest absolute Gasteiger partial charge is 0.319 e. The van der Waals surface area contributed by atoms with Crippen LogP contribution in [0, 0.1) is 11.3 Å². The van der Waals surface area contributed by atoms with Gasteiger partial charge in [0.25, 0.3) is 0 Å². The maximum Gasteiger partial charge on any atom is 0.319 e. The van der Waals surface area contributed by atoms with Crippen molar-refractivity contribution in [3.8, 4) is 23.5 Å². The van der Waals surface area contributed by atoms with Crippen LogP contribution in [0.15, 0.2) is 12.1 Å². The number of nitrogens with two attached hydrogens (primary N) is 1. The van der Waals surface area contributed by atoms with Gasteiger partial charge in [0.1, 0.15) is 28.7 Å². The number of anilines is 2. The molecule has 0 saturated carbocycles. The second-order valence-corrected chi connectivity index (χ2v) is 14.4. The molecule has 11 heteroatoms. The van der Waals surface area contributed by atoms with Crippen LogP contribution >= 0.6 is 22.9 Å². The zero-order valence-corrected chi connectivity index (χ0v) is 25.9. The molecule has 1 unspecified atom stereocenters. The summed E-state index contributed by atoms with van der Waals surface area (Å²) in [5.41, 5.74) is 8.33. The summed E-state index contributed by atoms with van der Waals surface area (Å²) in [6, 6.07) is 7.12. The molecule has 3 N–H and O–H groups in total. The molecule has 2 aliphatic heterocycles. The van der Waals surface area contributed by atoms with Gasteiger partial charge in [-0.2, -0.15) is 19.6 Å². The van der Waals surface area contributed by atoms with Crippen molar-refractivity contribution in [3.63, 3.8) is 0 Å². The third-order valence-corrected chi connectivity index (χ3v) is 11.3. The Morgan fingerprint density at radius 2 is 2.00 bits per heavy atom. The monoisotopic (exact) mass is 593 g/mol. The van der Waals surface area contributed by atoms with Crippen molar-refractivity contribution in [2.45, 2.75) is 88.9 Å². The molecule has 3 aromatic rings. The first-order valence-corrected chi connectivity index (χ1v) is 16.2. The summed E-state index contributed by atoms with van der Waals surface area (Å²) in [6.07, 6.45) is 6.78. The van der Waals surface area contributed by atoms with E-state index in [4.69, 9.17) is 24.8 Å². The summed E-state index contributed by atoms with van der Waals surface area (Å²) >= 11 is 3.02. The molecule has 0 aromatic carbocycles. The lowest BCUT2D eigenvalue weighted by molar-refractivity contribution is 0.0445. The number of aryl methyl sites for hydroxylation is 1. The van der Waals surface area contributed by atoms with E-state index in [0.29, 0.717) is 34.9 Å². The number of aromatic nitrogens is 3. The van der Waals surface area contributed by atoms with E-state index in [1.807, 2.05) is 13.0 Å². The molecule has 0 bridgehead atoms. The molecule has 0 radical (unpaired) electrons. The van der Waals surface area contributed by atoms with E-state index in [0.717, 1.165) is 80.0 Å². The van der Waals surface area contributed by atoms with Crippen LogP contribution in [-0.4, -0.2) is 68.8 Å². The van der Waals surface area contributed by atoms with Crippen LogP contribution in [-0.2, 0) is 11.8 Å². The molecule has 9 nitrogen and oxygen atoms in total. The first-order valence-electron chi connectivity index (χ1n) is 14.6. The van der Waals surface area contributed by atoms with Crippen molar-refractivity contribution < 1.29 is 9.84 Å². The number of rotatable bonds is 6. The van der Waals surface area contributed by atoms with E-state index in [-0.39, 0.29) is 11.5 Å². The molecule has 5 heterocycles. The van der Waals surface area contributed by atoms with Crippen molar-refractivity contribution in [2.75, 3.05) is 37.3 Å². The molecule has 41 heavy (non-hydrogen) atoms. The Balaban J connectivity index is 1.37. The van der Waals surface area contributed by atoms with Gasteiger partial charge in [-0.3, -0.25) is 4.90 Å². The quantitative estimate of drug-likeness (QED) is 0.408. The number of aliphatic hydroxyl groups is 1. The number of nitriles is 1. The fourth-order valence-electron chi connectivity index (χ4n) is 6.95. The van der Waals surface area contributed by atoms with Gasteiger partial charge in [0, 0.05) is 40.4 Å². The van der Waals surface area contributed by atoms with Gasteiger partial charge < -0.3 is 20.5 Å². The molecule has 0 spiro atoms. The number of fused-ring (bicyclic) bond motifs is 1. The summed E-state index contributed by atoms with van der Waals surface area (Å²) < 4.78 is 11.3. The van der Waals surface area contributed by atoms with Gasteiger partial charge in [-0.15, -0.1) is 11.3 Å². The lowest BCUT2D eigenvalue weighted by Gasteiger charge is -2.37. The van der Waals surface area contributed by atoms with E-state index in [2.05, 4.69) is 42.8 Å². The summed E-state index contributed by atoms with van der Waals surface area (Å²) in [5.74, 6) is 0.745. The normalized spacial score (nSPS) is 27.4. The number of ether oxygens (including phenoxy) is 1. The highest BCUT2D eigenvalue weighted by Gasteiger charge is 2.40. The van der Waals surface area contributed by atoms with Crippen LogP contribution in [0.2, 0.25) is 0 Å². The third kappa shape index (κ3) is 5.31. The Morgan fingerprint density at radius 1 is 1.17 bits per heavy atom. The number of hydrogen-bond donors (Lipinski definition) is 2. The summed E-state index contributed by atoms with van der Waals surface area (Å²) in [7, 11) is 2.14. The van der Waals surface area contributed by atoms with Gasteiger partial charge in [0.2, 0.25) is 0 Å².